The summed E-state index contributed by atoms with van der Waals surface area (Å²) in [4.78, 5) is 10.6. The number of thioether (sulfide) groups is 1. The van der Waals surface area contributed by atoms with Gasteiger partial charge in [-0.3, -0.25) is 10.1 Å². The lowest BCUT2D eigenvalue weighted by atomic mass is 10.2. The molecule has 0 spiro atoms. The van der Waals surface area contributed by atoms with E-state index in [1.165, 1.54) is 5.56 Å². The average molecular weight is 266 g/mol. The van der Waals surface area contributed by atoms with Crippen molar-refractivity contribution in [1.82, 2.24) is 5.32 Å². The molecule has 1 heterocycles. The highest BCUT2D eigenvalue weighted by Gasteiger charge is 2.23. The maximum absolute atomic E-state index is 10.6. The van der Waals surface area contributed by atoms with E-state index in [2.05, 4.69) is 12.2 Å². The first-order chi connectivity index (χ1) is 8.69. The molecular formula is C13H18N2O2S. The van der Waals surface area contributed by atoms with E-state index in [0.717, 1.165) is 12.2 Å². The van der Waals surface area contributed by atoms with Gasteiger partial charge in [0.25, 0.3) is 5.91 Å². The summed E-state index contributed by atoms with van der Waals surface area (Å²) in [5.41, 5.74) is 6.26. The van der Waals surface area contributed by atoms with E-state index in [-0.39, 0.29) is 6.61 Å². The van der Waals surface area contributed by atoms with E-state index in [1.54, 1.807) is 0 Å². The van der Waals surface area contributed by atoms with Crippen molar-refractivity contribution in [3.05, 3.63) is 29.8 Å². The summed E-state index contributed by atoms with van der Waals surface area (Å²) in [6, 6.07) is 8.41. The molecule has 0 aliphatic carbocycles. The number of amides is 1. The van der Waals surface area contributed by atoms with Crippen LogP contribution in [0.3, 0.4) is 0 Å². The van der Waals surface area contributed by atoms with Crippen molar-refractivity contribution < 1.29 is 9.53 Å². The molecular weight excluding hydrogens is 248 g/mol. The lowest BCUT2D eigenvalue weighted by Crippen LogP contribution is -2.24. The van der Waals surface area contributed by atoms with E-state index >= 15 is 0 Å². The number of nitrogens with two attached hydrogens (primary N) is 1. The van der Waals surface area contributed by atoms with Crippen molar-refractivity contribution in [3.8, 4) is 5.75 Å². The Morgan fingerprint density at radius 3 is 2.78 bits per heavy atom. The normalized spacial score (nSPS) is 22.9. The summed E-state index contributed by atoms with van der Waals surface area (Å²) < 4.78 is 5.23. The maximum Gasteiger partial charge on any atom is 0.255 e. The molecule has 5 heteroatoms. The summed E-state index contributed by atoms with van der Waals surface area (Å²) in [5, 5.41) is 3.94. The molecule has 3 N–H and O–H groups in total. The maximum atomic E-state index is 10.6. The van der Waals surface area contributed by atoms with Gasteiger partial charge < -0.3 is 10.5 Å². The third kappa shape index (κ3) is 3.40. The van der Waals surface area contributed by atoms with E-state index < -0.39 is 5.91 Å². The average Bonchev–Trinajstić information content (AvgIpc) is 2.85. The van der Waals surface area contributed by atoms with Crippen LogP contribution in [-0.2, 0) is 4.79 Å². The third-order valence-electron chi connectivity index (χ3n) is 2.91. The molecule has 1 aromatic rings. The van der Waals surface area contributed by atoms with Gasteiger partial charge in [0, 0.05) is 11.8 Å². The first-order valence-electron chi connectivity index (χ1n) is 6.07. The summed E-state index contributed by atoms with van der Waals surface area (Å²) in [5.74, 6) is 1.37. The van der Waals surface area contributed by atoms with Crippen molar-refractivity contribution in [1.29, 1.82) is 0 Å². The van der Waals surface area contributed by atoms with Crippen LogP contribution in [0, 0.1) is 0 Å². The van der Waals surface area contributed by atoms with Crippen LogP contribution in [0.1, 0.15) is 24.3 Å². The summed E-state index contributed by atoms with van der Waals surface area (Å²) in [6.45, 7) is 2.12. The molecule has 2 unspecified atom stereocenters. The molecule has 1 saturated heterocycles. The summed E-state index contributed by atoms with van der Waals surface area (Å²) in [7, 11) is 0. The number of rotatable bonds is 5. The Balaban J connectivity index is 1.93. The summed E-state index contributed by atoms with van der Waals surface area (Å²) >= 11 is 1.93. The van der Waals surface area contributed by atoms with Crippen LogP contribution in [0.5, 0.6) is 5.75 Å². The van der Waals surface area contributed by atoms with Crippen LogP contribution in [0.15, 0.2) is 24.3 Å². The van der Waals surface area contributed by atoms with Crippen LogP contribution in [-0.4, -0.2) is 24.3 Å². The molecule has 0 radical (unpaired) electrons. The van der Waals surface area contributed by atoms with E-state index in [1.807, 2.05) is 36.0 Å². The fraction of sp³-hybridized carbons (Fsp3) is 0.462. The highest BCUT2D eigenvalue weighted by molar-refractivity contribution is 7.99. The third-order valence-corrected chi connectivity index (χ3v) is 4.24. The zero-order valence-electron chi connectivity index (χ0n) is 10.4. The number of primary amides is 1. The van der Waals surface area contributed by atoms with E-state index in [0.29, 0.717) is 17.2 Å². The predicted octanol–water partition coefficient (Wildman–Crippen LogP) is 1.66. The molecule has 2 rings (SSSR count). The van der Waals surface area contributed by atoms with Gasteiger partial charge in [-0.2, -0.15) is 0 Å². The van der Waals surface area contributed by atoms with Crippen molar-refractivity contribution in [2.75, 3.05) is 12.4 Å². The molecule has 0 bridgehead atoms. The Bertz CT molecular complexity index is 408. The predicted molar refractivity (Wildman–Crippen MR) is 73.5 cm³/mol. The summed E-state index contributed by atoms with van der Waals surface area (Å²) in [6.07, 6.45) is 1.16. The molecule has 1 aromatic carbocycles. The van der Waals surface area contributed by atoms with Crippen molar-refractivity contribution in [2.45, 2.75) is 24.8 Å². The molecule has 1 aliphatic rings. The molecule has 1 aliphatic heterocycles. The molecule has 98 valence electrons. The number of carbonyl (C=O) groups excluding carboxylic acids is 1. The van der Waals surface area contributed by atoms with Crippen LogP contribution in [0.2, 0.25) is 0 Å². The number of carbonyl (C=O) groups is 1. The highest BCUT2D eigenvalue weighted by atomic mass is 32.2. The highest BCUT2D eigenvalue weighted by Crippen LogP contribution is 2.34. The first kappa shape index (κ1) is 13.2. The lowest BCUT2D eigenvalue weighted by molar-refractivity contribution is -0.119. The molecule has 0 saturated carbocycles. The molecule has 18 heavy (non-hydrogen) atoms. The Hall–Kier alpha value is -1.20. The Kier molecular flexibility index (Phi) is 4.49. The van der Waals surface area contributed by atoms with Gasteiger partial charge in [-0.1, -0.05) is 19.1 Å². The topological polar surface area (TPSA) is 64.3 Å². The smallest absolute Gasteiger partial charge is 0.255 e. The number of benzene rings is 1. The zero-order valence-corrected chi connectivity index (χ0v) is 11.2. The van der Waals surface area contributed by atoms with E-state index in [4.69, 9.17) is 10.5 Å². The molecule has 2 atom stereocenters. The zero-order chi connectivity index (χ0) is 13.0. The number of ether oxygens (including phenoxy) is 1. The number of hydrogen-bond acceptors (Lipinski definition) is 4. The second-order valence-corrected chi connectivity index (χ2v) is 5.45. The fourth-order valence-electron chi connectivity index (χ4n) is 1.84. The molecule has 4 nitrogen and oxygen atoms in total. The van der Waals surface area contributed by atoms with Crippen molar-refractivity contribution >= 4 is 17.7 Å². The minimum absolute atomic E-state index is 0.0757. The minimum Gasteiger partial charge on any atom is -0.484 e. The lowest BCUT2D eigenvalue weighted by Gasteiger charge is -2.13. The second kappa shape index (κ2) is 6.11. The van der Waals surface area contributed by atoms with E-state index in [9.17, 15) is 4.79 Å². The fourth-order valence-corrected chi connectivity index (χ4v) is 3.24. The molecule has 1 amide bonds. The second-order valence-electron chi connectivity index (χ2n) is 4.31. The van der Waals surface area contributed by atoms with Gasteiger partial charge in [-0.25, -0.2) is 0 Å². The van der Waals surface area contributed by atoms with Crippen LogP contribution >= 0.6 is 11.8 Å². The van der Waals surface area contributed by atoms with Gasteiger partial charge in [0.1, 0.15) is 5.75 Å². The number of nitrogens with one attached hydrogen (secondary N) is 1. The van der Waals surface area contributed by atoms with Gasteiger partial charge in [-0.05, 0) is 24.1 Å². The largest absolute Gasteiger partial charge is 0.484 e. The van der Waals surface area contributed by atoms with Crippen LogP contribution in [0.25, 0.3) is 0 Å². The minimum atomic E-state index is -0.460. The Labute approximate surface area is 111 Å². The Morgan fingerprint density at radius 2 is 2.22 bits per heavy atom. The number of hydrogen-bond donors (Lipinski definition) is 2. The van der Waals surface area contributed by atoms with Gasteiger partial charge in [0.2, 0.25) is 0 Å². The van der Waals surface area contributed by atoms with Crippen molar-refractivity contribution in [2.24, 2.45) is 5.73 Å². The monoisotopic (exact) mass is 266 g/mol. The SMILES string of the molecule is CCC1CSC(c2ccc(OCC(N)=O)cc2)N1. The van der Waals surface area contributed by atoms with Gasteiger partial charge in [-0.15, -0.1) is 11.8 Å². The Morgan fingerprint density at radius 1 is 1.50 bits per heavy atom. The van der Waals surface area contributed by atoms with Gasteiger partial charge >= 0.3 is 0 Å². The first-order valence-corrected chi connectivity index (χ1v) is 7.12. The van der Waals surface area contributed by atoms with Crippen molar-refractivity contribution in [3.63, 3.8) is 0 Å². The van der Waals surface area contributed by atoms with Gasteiger partial charge in [0.05, 0.1) is 5.37 Å². The van der Waals surface area contributed by atoms with Gasteiger partial charge in [0.15, 0.2) is 6.61 Å². The quantitative estimate of drug-likeness (QED) is 0.851. The van der Waals surface area contributed by atoms with Crippen LogP contribution in [0.4, 0.5) is 0 Å². The molecule has 0 aromatic heterocycles. The molecule has 1 fully saturated rings. The van der Waals surface area contributed by atoms with Crippen LogP contribution < -0.4 is 15.8 Å². The standard InChI is InChI=1S/C13H18N2O2S/c1-2-10-8-18-13(15-10)9-3-5-11(6-4-9)17-7-12(14)16/h3-6,10,13,15H,2,7-8H2,1H3,(H2,14,16).